The number of amides is 1. The van der Waals surface area contributed by atoms with Gasteiger partial charge in [-0.3, -0.25) is 4.79 Å². The largest absolute Gasteiger partial charge is 0.394 e. The van der Waals surface area contributed by atoms with E-state index in [-0.39, 0.29) is 12.8 Å². The fraction of sp³-hybridized carbons (Fsp3) is 0.878. The zero-order valence-electron chi connectivity index (χ0n) is 55.4. The Bertz CT molecular complexity index is 1520. The Labute approximate surface area is 523 Å². The second-order valence-corrected chi connectivity index (χ2v) is 25.6. The van der Waals surface area contributed by atoms with Crippen molar-refractivity contribution in [1.29, 1.82) is 0 Å². The van der Waals surface area contributed by atoms with E-state index in [9.17, 15) is 40.5 Å². The van der Waals surface area contributed by atoms with Crippen LogP contribution in [0.4, 0.5) is 0 Å². The molecule has 0 aromatic heterocycles. The summed E-state index contributed by atoms with van der Waals surface area (Å²) in [5, 5.41) is 76.5. The molecule has 0 aromatic rings. The SMILES string of the molecule is CCCCCCCCCCC/C=C\C/C=C\CCCCCCCCCCCCC(O)C(=O)NC(COC1OC(CO)C(O)C(O)C1O)C(O)C(O)CCC/C=C/CC/C=C/CCCCCCCCCCCCCCCCCCCCCCCCC. The summed E-state index contributed by atoms with van der Waals surface area (Å²) >= 11 is 0. The van der Waals surface area contributed by atoms with Crippen molar-refractivity contribution >= 4 is 5.91 Å². The van der Waals surface area contributed by atoms with E-state index in [1.165, 1.54) is 250 Å². The molecule has 1 aliphatic heterocycles. The maximum atomic E-state index is 13.3. The summed E-state index contributed by atoms with van der Waals surface area (Å²) in [4.78, 5) is 13.3. The zero-order valence-corrected chi connectivity index (χ0v) is 55.4. The Balaban J connectivity index is 2.22. The highest BCUT2D eigenvalue weighted by atomic mass is 16.7. The van der Waals surface area contributed by atoms with Crippen LogP contribution in [0.2, 0.25) is 0 Å². The quantitative estimate of drug-likeness (QED) is 0.0215. The summed E-state index contributed by atoms with van der Waals surface area (Å²) in [5.74, 6) is -0.710. The highest BCUT2D eigenvalue weighted by Crippen LogP contribution is 2.24. The average Bonchev–Trinajstić information content (AvgIpc) is 3.66. The lowest BCUT2D eigenvalue weighted by Crippen LogP contribution is -2.60. The second kappa shape index (κ2) is 62.3. The van der Waals surface area contributed by atoms with Crippen molar-refractivity contribution in [2.24, 2.45) is 0 Å². The lowest BCUT2D eigenvalue weighted by Gasteiger charge is -2.40. The Morgan fingerprint density at radius 3 is 1.12 bits per heavy atom. The van der Waals surface area contributed by atoms with Gasteiger partial charge in [-0.05, 0) is 83.5 Å². The molecule has 85 heavy (non-hydrogen) atoms. The Hall–Kier alpha value is -1.93. The third-order valence-corrected chi connectivity index (χ3v) is 17.6. The number of allylic oxidation sites excluding steroid dienone is 8. The lowest BCUT2D eigenvalue weighted by atomic mass is 9.98. The van der Waals surface area contributed by atoms with Gasteiger partial charge >= 0.3 is 0 Å². The minimum absolute atomic E-state index is 0.245. The van der Waals surface area contributed by atoms with Crippen LogP contribution in [0.5, 0.6) is 0 Å². The highest BCUT2D eigenvalue weighted by Gasteiger charge is 2.44. The summed E-state index contributed by atoms with van der Waals surface area (Å²) in [5.41, 5.74) is 0. The normalized spacial score (nSPS) is 19.1. The number of unbranched alkanes of at least 4 members (excludes halogenated alkanes) is 44. The molecule has 1 saturated heterocycles. The standard InChI is InChI=1S/C74H139NO10/c1-3-5-7-9-11-13-15-17-19-21-23-25-27-29-31-32-33-34-35-36-38-39-41-43-45-47-49-51-53-55-57-59-61-66(77)69(79)65(64-84-74-72(82)71(81)70(80)68(63-76)85-74)75-73(83)67(78)62-60-58-56-54-52-50-48-46-44-42-40-37-30-28-26-24-22-20-18-16-14-12-10-8-6-4-2/h24,26,30,37,45,47,53,55,65-72,74,76-82H,3-23,25,27-29,31-36,38-44,46,48-52,54,56-64H2,1-2H3,(H,75,83)/b26-24-,37-30-,47-45+,55-53+. The zero-order chi connectivity index (χ0) is 61.7. The van der Waals surface area contributed by atoms with Gasteiger partial charge < -0.3 is 50.5 Å². The second-order valence-electron chi connectivity index (χ2n) is 25.6. The van der Waals surface area contributed by atoms with Crippen LogP contribution in [0.25, 0.3) is 0 Å². The van der Waals surface area contributed by atoms with Crippen LogP contribution in [-0.4, -0.2) is 110 Å². The van der Waals surface area contributed by atoms with Crippen molar-refractivity contribution in [2.45, 2.75) is 403 Å². The van der Waals surface area contributed by atoms with Gasteiger partial charge in [0.2, 0.25) is 5.91 Å². The molecule has 9 unspecified atom stereocenters. The van der Waals surface area contributed by atoms with Crippen LogP contribution < -0.4 is 5.32 Å². The molecule has 1 fully saturated rings. The van der Waals surface area contributed by atoms with Gasteiger partial charge in [-0.2, -0.15) is 0 Å². The summed E-state index contributed by atoms with van der Waals surface area (Å²) < 4.78 is 11.2. The Morgan fingerprint density at radius 1 is 0.412 bits per heavy atom. The molecule has 1 aliphatic rings. The van der Waals surface area contributed by atoms with Crippen molar-refractivity contribution in [1.82, 2.24) is 5.32 Å². The van der Waals surface area contributed by atoms with Gasteiger partial charge in [0.15, 0.2) is 6.29 Å². The molecule has 8 N–H and O–H groups in total. The molecule has 500 valence electrons. The van der Waals surface area contributed by atoms with Crippen molar-refractivity contribution in [3.8, 4) is 0 Å². The average molecular weight is 1200 g/mol. The van der Waals surface area contributed by atoms with E-state index in [2.05, 4.69) is 67.8 Å². The summed E-state index contributed by atoms with van der Waals surface area (Å²) in [6.45, 7) is 3.49. The minimum atomic E-state index is -1.67. The van der Waals surface area contributed by atoms with Gasteiger partial charge in [-0.15, -0.1) is 0 Å². The number of nitrogens with one attached hydrogen (secondary N) is 1. The summed E-state index contributed by atoms with van der Waals surface area (Å²) in [6.07, 6.45) is 70.6. The first-order valence-corrected chi connectivity index (χ1v) is 36.5. The molecule has 9 atom stereocenters. The first-order chi connectivity index (χ1) is 41.7. The monoisotopic (exact) mass is 1200 g/mol. The fourth-order valence-electron chi connectivity index (χ4n) is 11.7. The Kier molecular flexibility index (Phi) is 59.4. The number of carbonyl (C=O) groups is 1. The molecule has 11 heteroatoms. The van der Waals surface area contributed by atoms with Gasteiger partial charge in [0, 0.05) is 0 Å². The van der Waals surface area contributed by atoms with Crippen LogP contribution in [0, 0.1) is 0 Å². The number of aliphatic hydroxyl groups excluding tert-OH is 7. The van der Waals surface area contributed by atoms with E-state index >= 15 is 0 Å². The van der Waals surface area contributed by atoms with Crippen molar-refractivity contribution in [3.63, 3.8) is 0 Å². The lowest BCUT2D eigenvalue weighted by molar-refractivity contribution is -0.303. The number of carbonyl (C=O) groups excluding carboxylic acids is 1. The third kappa shape index (κ3) is 49.5. The first-order valence-electron chi connectivity index (χ1n) is 36.5. The summed E-state index contributed by atoms with van der Waals surface area (Å²) in [7, 11) is 0. The maximum absolute atomic E-state index is 13.3. The van der Waals surface area contributed by atoms with Gasteiger partial charge in [0.05, 0.1) is 25.4 Å². The molecule has 1 heterocycles. The van der Waals surface area contributed by atoms with E-state index in [1.807, 2.05) is 0 Å². The van der Waals surface area contributed by atoms with Crippen LogP contribution in [0.1, 0.15) is 348 Å². The molecule has 0 spiro atoms. The fourth-order valence-corrected chi connectivity index (χ4v) is 11.7. The molecule has 1 amide bonds. The van der Waals surface area contributed by atoms with E-state index < -0.39 is 74.2 Å². The topological polar surface area (TPSA) is 189 Å². The van der Waals surface area contributed by atoms with Crippen molar-refractivity contribution in [3.05, 3.63) is 48.6 Å². The van der Waals surface area contributed by atoms with Gasteiger partial charge in [0.25, 0.3) is 0 Å². The molecule has 0 bridgehead atoms. The molecule has 1 rings (SSSR count). The number of hydrogen-bond acceptors (Lipinski definition) is 10. The first kappa shape index (κ1) is 81.1. The van der Waals surface area contributed by atoms with E-state index in [0.29, 0.717) is 19.3 Å². The Morgan fingerprint density at radius 2 is 0.741 bits per heavy atom. The molecule has 11 nitrogen and oxygen atoms in total. The molecule has 0 aliphatic carbocycles. The number of aliphatic hydroxyl groups is 7. The van der Waals surface area contributed by atoms with Gasteiger partial charge in [-0.25, -0.2) is 0 Å². The van der Waals surface area contributed by atoms with Crippen LogP contribution >= 0.6 is 0 Å². The van der Waals surface area contributed by atoms with Crippen LogP contribution in [-0.2, 0) is 14.3 Å². The third-order valence-electron chi connectivity index (χ3n) is 17.6. The van der Waals surface area contributed by atoms with E-state index in [4.69, 9.17) is 9.47 Å². The predicted molar refractivity (Wildman–Crippen MR) is 358 cm³/mol. The van der Waals surface area contributed by atoms with Crippen molar-refractivity contribution < 1.29 is 50.0 Å². The number of ether oxygens (including phenoxy) is 2. The highest BCUT2D eigenvalue weighted by molar-refractivity contribution is 5.80. The van der Waals surface area contributed by atoms with Gasteiger partial charge in [-0.1, -0.05) is 313 Å². The van der Waals surface area contributed by atoms with E-state index in [1.54, 1.807) is 0 Å². The molecule has 0 aromatic carbocycles. The maximum Gasteiger partial charge on any atom is 0.249 e. The number of rotatable bonds is 64. The predicted octanol–water partition coefficient (Wildman–Crippen LogP) is 17.9. The van der Waals surface area contributed by atoms with Crippen molar-refractivity contribution in [2.75, 3.05) is 13.2 Å². The van der Waals surface area contributed by atoms with Gasteiger partial charge in [0.1, 0.15) is 36.6 Å². The van der Waals surface area contributed by atoms with E-state index in [0.717, 1.165) is 51.4 Å². The molecule has 0 saturated carbocycles. The van der Waals surface area contributed by atoms with Crippen LogP contribution in [0.3, 0.4) is 0 Å². The molecular formula is C74H139NO10. The smallest absolute Gasteiger partial charge is 0.249 e. The minimum Gasteiger partial charge on any atom is -0.394 e. The van der Waals surface area contributed by atoms with Crippen LogP contribution in [0.15, 0.2) is 48.6 Å². The molecule has 0 radical (unpaired) electrons. The number of hydrogen-bond donors (Lipinski definition) is 8. The molecular weight excluding hydrogens is 1060 g/mol. The summed E-state index contributed by atoms with van der Waals surface area (Å²) in [6, 6.07) is -1.20.